The Balaban J connectivity index is 2.32. The van der Waals surface area contributed by atoms with Gasteiger partial charge in [0, 0.05) is 16.7 Å². The minimum Gasteiger partial charge on any atom is -0.493 e. The Labute approximate surface area is 139 Å². The quantitative estimate of drug-likeness (QED) is 0.787. The predicted molar refractivity (Wildman–Crippen MR) is 89.0 cm³/mol. The second-order valence-corrected chi connectivity index (χ2v) is 5.83. The lowest BCUT2D eigenvalue weighted by Gasteiger charge is -2.19. The summed E-state index contributed by atoms with van der Waals surface area (Å²) in [5.41, 5.74) is 4.07. The average molecular weight is 343 g/mol. The second-order valence-electron chi connectivity index (χ2n) is 5.01. The van der Waals surface area contributed by atoms with E-state index in [9.17, 15) is 0 Å². The van der Waals surface area contributed by atoms with Gasteiger partial charge in [-0.25, -0.2) is 4.68 Å². The maximum Gasteiger partial charge on any atom is 0.214 e. The van der Waals surface area contributed by atoms with Crippen molar-refractivity contribution in [3.8, 4) is 11.5 Å². The van der Waals surface area contributed by atoms with Gasteiger partial charge >= 0.3 is 0 Å². The molecule has 0 atom stereocenters. The van der Waals surface area contributed by atoms with E-state index < -0.39 is 0 Å². The second kappa shape index (κ2) is 7.02. The van der Waals surface area contributed by atoms with Crippen molar-refractivity contribution in [3.63, 3.8) is 0 Å². The summed E-state index contributed by atoms with van der Waals surface area (Å²) in [6, 6.07) is 3.57. The number of rotatable bonds is 6. The number of ether oxygens (including phenoxy) is 2. The number of nitrogens with zero attached hydrogens (tertiary/aromatic N) is 2. The van der Waals surface area contributed by atoms with Gasteiger partial charge in [-0.2, -0.15) is 5.10 Å². The zero-order valence-corrected chi connectivity index (χ0v) is 14.5. The molecule has 0 fully saturated rings. The number of aromatic nitrogens is 3. The van der Waals surface area contributed by atoms with Crippen LogP contribution in [-0.4, -0.2) is 28.1 Å². The first kappa shape index (κ1) is 16.6. The van der Waals surface area contributed by atoms with E-state index in [4.69, 9.17) is 33.3 Å². The number of halogens is 1. The van der Waals surface area contributed by atoms with Gasteiger partial charge in [0.05, 0.1) is 19.8 Å². The van der Waals surface area contributed by atoms with E-state index in [1.165, 1.54) is 0 Å². The number of methoxy groups -OCH3 is 1. The third-order valence-corrected chi connectivity index (χ3v) is 3.43. The number of aromatic amines is 1. The first-order valence-electron chi connectivity index (χ1n) is 6.83. The van der Waals surface area contributed by atoms with Gasteiger partial charge in [0.2, 0.25) is 4.77 Å². The smallest absolute Gasteiger partial charge is 0.214 e. The predicted octanol–water partition coefficient (Wildman–Crippen LogP) is 3.44. The Morgan fingerprint density at radius 2 is 2.18 bits per heavy atom. The summed E-state index contributed by atoms with van der Waals surface area (Å²) >= 11 is 11.3. The summed E-state index contributed by atoms with van der Waals surface area (Å²) in [4.78, 5) is 0. The number of benzene rings is 1. The van der Waals surface area contributed by atoms with Crippen molar-refractivity contribution in [1.82, 2.24) is 14.9 Å². The van der Waals surface area contributed by atoms with Crippen molar-refractivity contribution in [2.75, 3.05) is 12.5 Å². The fourth-order valence-corrected chi connectivity index (χ4v) is 2.47. The number of aryl methyl sites for hydroxylation is 1. The fraction of sp³-hybridized carbons (Fsp3) is 0.429. The average Bonchev–Trinajstić information content (AvgIpc) is 2.77. The van der Waals surface area contributed by atoms with Crippen molar-refractivity contribution < 1.29 is 9.47 Å². The van der Waals surface area contributed by atoms with E-state index in [0.29, 0.717) is 27.8 Å². The molecule has 1 aromatic heterocycles. The molecule has 0 radical (unpaired) electrons. The lowest BCUT2D eigenvalue weighted by atomic mass is 10.2. The summed E-state index contributed by atoms with van der Waals surface area (Å²) in [6.45, 7) is 6.24. The van der Waals surface area contributed by atoms with Crippen LogP contribution < -0.4 is 14.9 Å². The highest BCUT2D eigenvalue weighted by Crippen LogP contribution is 2.35. The molecule has 0 aliphatic heterocycles. The van der Waals surface area contributed by atoms with Crippen molar-refractivity contribution >= 4 is 23.8 Å². The summed E-state index contributed by atoms with van der Waals surface area (Å²) in [5, 5.41) is 7.36. The van der Waals surface area contributed by atoms with Crippen LogP contribution in [0.4, 0.5) is 0 Å². The molecule has 0 aliphatic rings. The minimum absolute atomic E-state index is 0.0200. The largest absolute Gasteiger partial charge is 0.493 e. The summed E-state index contributed by atoms with van der Waals surface area (Å²) in [5.74, 6) is 2.01. The van der Waals surface area contributed by atoms with Crippen molar-refractivity contribution in [2.24, 2.45) is 0 Å². The van der Waals surface area contributed by atoms with Gasteiger partial charge < -0.3 is 14.9 Å². The Kier molecular flexibility index (Phi) is 5.31. The van der Waals surface area contributed by atoms with Gasteiger partial charge in [-0.05, 0) is 39.1 Å². The van der Waals surface area contributed by atoms with Gasteiger partial charge in [-0.3, -0.25) is 5.10 Å². The third-order valence-electron chi connectivity index (χ3n) is 2.94. The van der Waals surface area contributed by atoms with Crippen LogP contribution in [-0.2, 0) is 6.54 Å². The van der Waals surface area contributed by atoms with Gasteiger partial charge in [-0.15, -0.1) is 0 Å². The standard InChI is InChI=1S/C14H19ClN4O2S/c1-8(2)21-13-10(5-11(15)6-12(13)20-4)7-16-19-9(3)17-18-14(19)22/h5-6,8,16H,7H2,1-4H3,(H,18,22). The Bertz CT molecular complexity index is 711. The van der Waals surface area contributed by atoms with Crippen LogP contribution in [0.15, 0.2) is 12.1 Å². The van der Waals surface area contributed by atoms with E-state index >= 15 is 0 Å². The summed E-state index contributed by atoms with van der Waals surface area (Å²) in [7, 11) is 1.59. The van der Waals surface area contributed by atoms with Gasteiger partial charge in [-0.1, -0.05) is 11.6 Å². The first-order chi connectivity index (χ1) is 10.4. The van der Waals surface area contributed by atoms with Gasteiger partial charge in [0.25, 0.3) is 0 Å². The molecule has 8 heteroatoms. The van der Waals surface area contributed by atoms with E-state index in [1.807, 2.05) is 26.8 Å². The Morgan fingerprint density at radius 1 is 1.45 bits per heavy atom. The monoisotopic (exact) mass is 342 g/mol. The van der Waals surface area contributed by atoms with Gasteiger partial charge in [0.1, 0.15) is 5.82 Å². The maximum atomic E-state index is 6.15. The molecule has 0 saturated carbocycles. The lowest BCUT2D eigenvalue weighted by Crippen LogP contribution is -2.17. The Hall–Kier alpha value is -1.73. The molecule has 0 bridgehead atoms. The van der Waals surface area contributed by atoms with Crippen molar-refractivity contribution in [2.45, 2.75) is 33.4 Å². The molecular formula is C14H19ClN4O2S. The highest BCUT2D eigenvalue weighted by molar-refractivity contribution is 7.71. The van der Waals surface area contributed by atoms with Crippen LogP contribution in [0, 0.1) is 11.7 Å². The molecule has 0 aliphatic carbocycles. The normalized spacial score (nSPS) is 10.8. The van der Waals surface area contributed by atoms with Crippen molar-refractivity contribution in [3.05, 3.63) is 33.3 Å². The number of nitrogens with one attached hydrogen (secondary N) is 2. The molecule has 0 saturated heterocycles. The van der Waals surface area contributed by atoms with Crippen LogP contribution in [0.1, 0.15) is 25.2 Å². The van der Waals surface area contributed by atoms with Crippen LogP contribution in [0.2, 0.25) is 5.02 Å². The van der Waals surface area contributed by atoms with Crippen LogP contribution in [0.3, 0.4) is 0 Å². The highest BCUT2D eigenvalue weighted by atomic mass is 35.5. The topological polar surface area (TPSA) is 64.1 Å². The molecule has 2 rings (SSSR count). The summed E-state index contributed by atoms with van der Waals surface area (Å²) < 4.78 is 13.4. The molecule has 0 unspecified atom stereocenters. The van der Waals surface area contributed by atoms with Crippen LogP contribution in [0.25, 0.3) is 0 Å². The maximum absolute atomic E-state index is 6.15. The Morgan fingerprint density at radius 3 is 2.73 bits per heavy atom. The van der Waals surface area contributed by atoms with Crippen LogP contribution in [0.5, 0.6) is 11.5 Å². The molecule has 120 valence electrons. The first-order valence-corrected chi connectivity index (χ1v) is 7.62. The van der Waals surface area contributed by atoms with Crippen molar-refractivity contribution in [1.29, 1.82) is 0 Å². The molecule has 2 N–H and O–H groups in total. The number of hydrogen-bond donors (Lipinski definition) is 2. The van der Waals surface area contributed by atoms with E-state index in [-0.39, 0.29) is 6.10 Å². The third kappa shape index (κ3) is 3.72. The molecule has 0 amide bonds. The fourth-order valence-electron chi connectivity index (χ4n) is 2.00. The van der Waals surface area contributed by atoms with E-state index in [0.717, 1.165) is 11.4 Å². The lowest BCUT2D eigenvalue weighted by molar-refractivity contribution is 0.227. The molecular weight excluding hydrogens is 324 g/mol. The molecule has 0 spiro atoms. The van der Waals surface area contributed by atoms with Gasteiger partial charge in [0.15, 0.2) is 11.5 Å². The zero-order chi connectivity index (χ0) is 16.3. The number of hydrogen-bond acceptors (Lipinski definition) is 5. The minimum atomic E-state index is 0.0200. The molecule has 6 nitrogen and oxygen atoms in total. The zero-order valence-electron chi connectivity index (χ0n) is 12.9. The molecule has 22 heavy (non-hydrogen) atoms. The molecule has 1 aromatic carbocycles. The van der Waals surface area contributed by atoms with Crippen LogP contribution >= 0.6 is 23.8 Å². The molecule has 2 aromatic rings. The van der Waals surface area contributed by atoms with E-state index in [1.54, 1.807) is 17.9 Å². The molecule has 1 heterocycles. The number of H-pyrrole nitrogens is 1. The SMILES string of the molecule is COc1cc(Cl)cc(CNn2c(C)n[nH]c2=S)c1OC(C)C. The highest BCUT2D eigenvalue weighted by Gasteiger charge is 2.14. The van der Waals surface area contributed by atoms with E-state index in [2.05, 4.69) is 15.6 Å². The summed E-state index contributed by atoms with van der Waals surface area (Å²) in [6.07, 6.45) is 0.0200.